The number of nitrogens with one attached hydrogen (secondary N) is 1. The molecule has 1 aliphatic heterocycles. The van der Waals surface area contributed by atoms with E-state index in [1.807, 2.05) is 23.9 Å². The van der Waals surface area contributed by atoms with Crippen LogP contribution in [0, 0.1) is 12.7 Å². The van der Waals surface area contributed by atoms with Crippen molar-refractivity contribution in [1.82, 2.24) is 20.0 Å². The molecule has 0 amide bonds. The Morgan fingerprint density at radius 3 is 2.75 bits per heavy atom. The Bertz CT molecular complexity index is 674. The summed E-state index contributed by atoms with van der Waals surface area (Å²) >= 11 is 0. The predicted octanol–water partition coefficient (Wildman–Crippen LogP) is 3.45. The highest BCUT2D eigenvalue weighted by molar-refractivity contribution is 5.35. The predicted molar refractivity (Wildman–Crippen MR) is 94.9 cm³/mol. The molecule has 0 spiro atoms. The lowest BCUT2D eigenvalue weighted by atomic mass is 10.0. The minimum absolute atomic E-state index is 0.238. The van der Waals surface area contributed by atoms with Gasteiger partial charge >= 0.3 is 0 Å². The first-order valence-electron chi connectivity index (χ1n) is 8.87. The lowest BCUT2D eigenvalue weighted by Crippen LogP contribution is -2.43. The van der Waals surface area contributed by atoms with Crippen LogP contribution < -0.4 is 5.32 Å². The molecule has 0 radical (unpaired) electrons. The van der Waals surface area contributed by atoms with Gasteiger partial charge in [0.05, 0.1) is 11.9 Å². The number of benzene rings is 1. The smallest absolute Gasteiger partial charge is 0.125 e. The molecule has 2 aromatic rings. The third kappa shape index (κ3) is 3.68. The van der Waals surface area contributed by atoms with Crippen molar-refractivity contribution in [2.24, 2.45) is 0 Å². The maximum absolute atomic E-state index is 13.5. The van der Waals surface area contributed by atoms with E-state index in [-0.39, 0.29) is 11.9 Å². The lowest BCUT2D eigenvalue weighted by molar-refractivity contribution is 0.200. The molecule has 1 N–H and O–H groups in total. The molecule has 2 heterocycles. The Hall–Kier alpha value is -1.72. The highest BCUT2D eigenvalue weighted by Crippen LogP contribution is 2.22. The SMILES string of the molecule is CCN1CCC(NC(C)c2cnn(-c3cccc(F)c3)c2C)CC1. The Balaban J connectivity index is 1.69. The number of piperidine rings is 1. The van der Waals surface area contributed by atoms with Crippen molar-refractivity contribution in [3.8, 4) is 5.69 Å². The number of nitrogens with zero attached hydrogens (tertiary/aromatic N) is 3. The number of rotatable bonds is 5. The molecule has 1 saturated heterocycles. The second-order valence-corrected chi connectivity index (χ2v) is 6.67. The second kappa shape index (κ2) is 7.45. The van der Waals surface area contributed by atoms with Crippen molar-refractivity contribution in [3.05, 3.63) is 47.5 Å². The Kier molecular flexibility index (Phi) is 5.31. The average molecular weight is 330 g/mol. The van der Waals surface area contributed by atoms with Crippen LogP contribution >= 0.6 is 0 Å². The Morgan fingerprint density at radius 1 is 1.33 bits per heavy atom. The maximum Gasteiger partial charge on any atom is 0.125 e. The number of halogens is 1. The molecule has 1 aromatic heterocycles. The van der Waals surface area contributed by atoms with Crippen LogP contribution in [0.4, 0.5) is 4.39 Å². The summed E-state index contributed by atoms with van der Waals surface area (Å²) in [5.74, 6) is -0.238. The van der Waals surface area contributed by atoms with Crippen LogP contribution in [0.2, 0.25) is 0 Å². The molecule has 24 heavy (non-hydrogen) atoms. The molecule has 0 aliphatic carbocycles. The van der Waals surface area contributed by atoms with Crippen LogP contribution in [0.3, 0.4) is 0 Å². The number of likely N-dealkylation sites (tertiary alicyclic amines) is 1. The van der Waals surface area contributed by atoms with Gasteiger partial charge in [-0.2, -0.15) is 5.10 Å². The van der Waals surface area contributed by atoms with Crippen molar-refractivity contribution >= 4 is 0 Å². The zero-order chi connectivity index (χ0) is 17.1. The van der Waals surface area contributed by atoms with Crippen molar-refractivity contribution < 1.29 is 4.39 Å². The summed E-state index contributed by atoms with van der Waals surface area (Å²) in [5.41, 5.74) is 3.01. The molecule has 130 valence electrons. The van der Waals surface area contributed by atoms with E-state index < -0.39 is 0 Å². The number of hydrogen-bond donors (Lipinski definition) is 1. The fourth-order valence-electron chi connectivity index (χ4n) is 3.57. The molecule has 1 atom stereocenters. The molecule has 1 aromatic carbocycles. The summed E-state index contributed by atoms with van der Waals surface area (Å²) in [6.45, 7) is 9.93. The summed E-state index contributed by atoms with van der Waals surface area (Å²) in [7, 11) is 0. The number of hydrogen-bond acceptors (Lipinski definition) is 3. The quantitative estimate of drug-likeness (QED) is 0.911. The normalized spacial score (nSPS) is 18.0. The number of aromatic nitrogens is 2. The summed E-state index contributed by atoms with van der Waals surface area (Å²) in [6, 6.07) is 7.36. The third-order valence-corrected chi connectivity index (χ3v) is 5.09. The summed E-state index contributed by atoms with van der Waals surface area (Å²) in [5, 5.41) is 8.21. The van der Waals surface area contributed by atoms with Gasteiger partial charge in [0.1, 0.15) is 5.82 Å². The molecule has 4 nitrogen and oxygen atoms in total. The van der Waals surface area contributed by atoms with Crippen LogP contribution in [-0.4, -0.2) is 40.4 Å². The van der Waals surface area contributed by atoms with Gasteiger partial charge in [0.15, 0.2) is 0 Å². The van der Waals surface area contributed by atoms with E-state index in [0.29, 0.717) is 6.04 Å². The van der Waals surface area contributed by atoms with Gasteiger partial charge in [-0.1, -0.05) is 13.0 Å². The largest absolute Gasteiger partial charge is 0.307 e. The molecule has 1 unspecified atom stereocenters. The van der Waals surface area contributed by atoms with Crippen molar-refractivity contribution in [3.63, 3.8) is 0 Å². The van der Waals surface area contributed by atoms with E-state index >= 15 is 0 Å². The lowest BCUT2D eigenvalue weighted by Gasteiger charge is -2.33. The Labute approximate surface area is 143 Å². The van der Waals surface area contributed by atoms with Crippen LogP contribution in [0.5, 0.6) is 0 Å². The average Bonchev–Trinajstić information content (AvgIpc) is 2.97. The fourth-order valence-corrected chi connectivity index (χ4v) is 3.57. The van der Waals surface area contributed by atoms with Gasteiger partial charge in [-0.3, -0.25) is 0 Å². The molecule has 3 rings (SSSR count). The molecule has 0 saturated carbocycles. The zero-order valence-corrected chi connectivity index (χ0v) is 14.8. The molecule has 0 bridgehead atoms. The van der Waals surface area contributed by atoms with Crippen molar-refractivity contribution in [1.29, 1.82) is 0 Å². The van der Waals surface area contributed by atoms with E-state index in [1.165, 1.54) is 43.6 Å². The fraction of sp³-hybridized carbons (Fsp3) is 0.526. The summed E-state index contributed by atoms with van der Waals surface area (Å²) in [4.78, 5) is 2.50. The van der Waals surface area contributed by atoms with Gasteiger partial charge < -0.3 is 10.2 Å². The molecule has 1 fully saturated rings. The van der Waals surface area contributed by atoms with E-state index in [4.69, 9.17) is 0 Å². The van der Waals surface area contributed by atoms with E-state index in [2.05, 4.69) is 29.2 Å². The van der Waals surface area contributed by atoms with Gasteiger partial charge in [-0.15, -0.1) is 0 Å². The van der Waals surface area contributed by atoms with Crippen molar-refractivity contribution in [2.75, 3.05) is 19.6 Å². The minimum atomic E-state index is -0.238. The topological polar surface area (TPSA) is 33.1 Å². The summed E-state index contributed by atoms with van der Waals surface area (Å²) in [6.07, 6.45) is 4.28. The van der Waals surface area contributed by atoms with E-state index in [1.54, 1.807) is 6.07 Å². The van der Waals surface area contributed by atoms with Crippen LogP contribution in [-0.2, 0) is 0 Å². The van der Waals surface area contributed by atoms with Crippen molar-refractivity contribution in [2.45, 2.75) is 45.7 Å². The summed E-state index contributed by atoms with van der Waals surface area (Å²) < 4.78 is 15.3. The minimum Gasteiger partial charge on any atom is -0.307 e. The first kappa shape index (κ1) is 17.1. The van der Waals surface area contributed by atoms with Gasteiger partial charge in [0.25, 0.3) is 0 Å². The van der Waals surface area contributed by atoms with Crippen LogP contribution in [0.15, 0.2) is 30.5 Å². The Morgan fingerprint density at radius 2 is 2.08 bits per heavy atom. The van der Waals surface area contributed by atoms with Gasteiger partial charge in [0, 0.05) is 23.3 Å². The zero-order valence-electron chi connectivity index (χ0n) is 14.8. The highest BCUT2D eigenvalue weighted by atomic mass is 19.1. The van der Waals surface area contributed by atoms with E-state index in [9.17, 15) is 4.39 Å². The van der Waals surface area contributed by atoms with E-state index in [0.717, 1.165) is 17.9 Å². The van der Waals surface area contributed by atoms with Gasteiger partial charge in [-0.25, -0.2) is 9.07 Å². The molecule has 5 heteroatoms. The third-order valence-electron chi connectivity index (χ3n) is 5.09. The second-order valence-electron chi connectivity index (χ2n) is 6.67. The first-order chi connectivity index (χ1) is 11.6. The first-order valence-corrected chi connectivity index (χ1v) is 8.87. The molecular formula is C19H27FN4. The monoisotopic (exact) mass is 330 g/mol. The van der Waals surface area contributed by atoms with Crippen LogP contribution in [0.1, 0.15) is 44.0 Å². The molecule has 1 aliphatic rings. The molecular weight excluding hydrogens is 303 g/mol. The maximum atomic E-state index is 13.5. The van der Waals surface area contributed by atoms with Gasteiger partial charge in [-0.05, 0) is 64.5 Å². The standard InChI is InChI=1S/C19H27FN4/c1-4-23-10-8-17(9-11-23)22-14(2)19-13-21-24(15(19)3)18-7-5-6-16(20)12-18/h5-7,12-14,17,22H,4,8-11H2,1-3H3. The highest BCUT2D eigenvalue weighted by Gasteiger charge is 2.22. The van der Waals surface area contributed by atoms with Gasteiger partial charge in [0.2, 0.25) is 0 Å². The van der Waals surface area contributed by atoms with Crippen LogP contribution in [0.25, 0.3) is 5.69 Å².